The number of amides is 1. The van der Waals surface area contributed by atoms with Crippen molar-refractivity contribution in [3.05, 3.63) is 81.6 Å². The van der Waals surface area contributed by atoms with Gasteiger partial charge in [-0.1, -0.05) is 47.5 Å². The highest BCUT2D eigenvalue weighted by Crippen LogP contribution is 2.25. The monoisotopic (exact) mass is 386 g/mol. The summed E-state index contributed by atoms with van der Waals surface area (Å²) >= 11 is 12.0. The van der Waals surface area contributed by atoms with Crippen LogP contribution in [0.5, 0.6) is 0 Å². The van der Waals surface area contributed by atoms with Crippen LogP contribution in [-0.4, -0.2) is 15.9 Å². The summed E-state index contributed by atoms with van der Waals surface area (Å²) < 4.78 is 0. The van der Waals surface area contributed by atoms with Crippen molar-refractivity contribution in [2.45, 2.75) is 13.5 Å². The second-order valence-electron chi connectivity index (χ2n) is 5.62. The molecule has 0 aliphatic rings. The minimum atomic E-state index is -0.393. The van der Waals surface area contributed by atoms with E-state index in [0.717, 1.165) is 5.56 Å². The van der Waals surface area contributed by atoms with Gasteiger partial charge in [-0.05, 0) is 42.3 Å². The first-order valence-electron chi connectivity index (χ1n) is 7.91. The molecule has 0 aliphatic carbocycles. The summed E-state index contributed by atoms with van der Waals surface area (Å²) in [4.78, 5) is 20.8. The first-order valence-corrected chi connectivity index (χ1v) is 8.66. The number of aromatic nitrogens is 2. The molecule has 0 saturated heterocycles. The average molecular weight is 387 g/mol. The Morgan fingerprint density at radius 1 is 1.12 bits per heavy atom. The highest BCUT2D eigenvalue weighted by molar-refractivity contribution is 6.35. The van der Waals surface area contributed by atoms with E-state index >= 15 is 0 Å². The Kier molecular flexibility index (Phi) is 5.71. The molecule has 3 aromatic rings. The standard InChI is InChI=1S/C19H16Cl2N4O/c1-12-4-2-3-5-13(12)11-23-19-22-9-8-16(25-19)18(26)24-17-10-14(20)6-7-15(17)21/h2-10H,11H2,1H3,(H,24,26)(H,22,23,25). The average Bonchev–Trinajstić information content (AvgIpc) is 2.64. The predicted octanol–water partition coefficient (Wildman–Crippen LogP) is 4.96. The zero-order valence-corrected chi connectivity index (χ0v) is 15.5. The van der Waals surface area contributed by atoms with Gasteiger partial charge in [0.25, 0.3) is 5.91 Å². The Bertz CT molecular complexity index is 946. The van der Waals surface area contributed by atoms with Crippen molar-refractivity contribution in [3.63, 3.8) is 0 Å². The SMILES string of the molecule is Cc1ccccc1CNc1nccc(C(=O)Nc2cc(Cl)ccc2Cl)n1. The Morgan fingerprint density at radius 3 is 2.73 bits per heavy atom. The largest absolute Gasteiger partial charge is 0.350 e. The molecule has 5 nitrogen and oxygen atoms in total. The maximum Gasteiger partial charge on any atom is 0.274 e. The molecule has 0 bridgehead atoms. The highest BCUT2D eigenvalue weighted by atomic mass is 35.5. The van der Waals surface area contributed by atoms with Gasteiger partial charge in [-0.25, -0.2) is 9.97 Å². The number of anilines is 2. The molecule has 1 heterocycles. The Balaban J connectivity index is 1.71. The number of hydrogen-bond donors (Lipinski definition) is 2. The number of aryl methyl sites for hydroxylation is 1. The zero-order valence-electron chi connectivity index (χ0n) is 14.0. The molecule has 2 N–H and O–H groups in total. The molecule has 2 aromatic carbocycles. The number of nitrogens with zero attached hydrogens (tertiary/aromatic N) is 2. The summed E-state index contributed by atoms with van der Waals surface area (Å²) in [7, 11) is 0. The molecule has 0 atom stereocenters. The molecule has 1 amide bonds. The molecular weight excluding hydrogens is 371 g/mol. The molecule has 0 spiro atoms. The number of carbonyl (C=O) groups excluding carboxylic acids is 1. The van der Waals surface area contributed by atoms with Crippen LogP contribution < -0.4 is 10.6 Å². The van der Waals surface area contributed by atoms with Crippen LogP contribution in [0.1, 0.15) is 21.6 Å². The third kappa shape index (κ3) is 4.50. The summed E-state index contributed by atoms with van der Waals surface area (Å²) in [6.07, 6.45) is 1.53. The molecule has 132 valence electrons. The first-order chi connectivity index (χ1) is 12.5. The second kappa shape index (κ2) is 8.17. The quantitative estimate of drug-likeness (QED) is 0.650. The normalized spacial score (nSPS) is 10.4. The molecular formula is C19H16Cl2N4O. The molecule has 0 fully saturated rings. The molecule has 0 saturated carbocycles. The zero-order chi connectivity index (χ0) is 18.5. The van der Waals surface area contributed by atoms with Crippen molar-refractivity contribution in [1.82, 2.24) is 9.97 Å². The van der Waals surface area contributed by atoms with E-state index < -0.39 is 5.91 Å². The lowest BCUT2D eigenvalue weighted by molar-refractivity contribution is 0.102. The minimum Gasteiger partial charge on any atom is -0.350 e. The number of nitrogens with one attached hydrogen (secondary N) is 2. The summed E-state index contributed by atoms with van der Waals surface area (Å²) in [6, 6.07) is 14.4. The van der Waals surface area contributed by atoms with Crippen LogP contribution in [0.2, 0.25) is 10.0 Å². The van der Waals surface area contributed by atoms with E-state index in [1.807, 2.05) is 31.2 Å². The smallest absolute Gasteiger partial charge is 0.274 e. The van der Waals surface area contributed by atoms with Crippen LogP contribution in [-0.2, 0) is 6.54 Å². The van der Waals surface area contributed by atoms with Crippen molar-refractivity contribution in [1.29, 1.82) is 0 Å². The van der Waals surface area contributed by atoms with Gasteiger partial charge < -0.3 is 10.6 Å². The number of rotatable bonds is 5. The van der Waals surface area contributed by atoms with Gasteiger partial charge in [0.05, 0.1) is 10.7 Å². The van der Waals surface area contributed by atoms with Gasteiger partial charge in [-0.3, -0.25) is 4.79 Å². The van der Waals surface area contributed by atoms with E-state index in [1.54, 1.807) is 18.2 Å². The minimum absolute atomic E-state index is 0.225. The summed E-state index contributed by atoms with van der Waals surface area (Å²) in [5, 5.41) is 6.71. The van der Waals surface area contributed by atoms with E-state index in [1.165, 1.54) is 17.8 Å². The van der Waals surface area contributed by atoms with Gasteiger partial charge in [-0.2, -0.15) is 0 Å². The van der Waals surface area contributed by atoms with Gasteiger partial charge in [-0.15, -0.1) is 0 Å². The molecule has 0 radical (unpaired) electrons. The fourth-order valence-electron chi connectivity index (χ4n) is 2.33. The lowest BCUT2D eigenvalue weighted by atomic mass is 10.1. The van der Waals surface area contributed by atoms with E-state index in [2.05, 4.69) is 20.6 Å². The van der Waals surface area contributed by atoms with Crippen molar-refractivity contribution < 1.29 is 4.79 Å². The van der Waals surface area contributed by atoms with E-state index in [-0.39, 0.29) is 5.69 Å². The first kappa shape index (κ1) is 18.2. The van der Waals surface area contributed by atoms with Crippen LogP contribution >= 0.6 is 23.2 Å². The van der Waals surface area contributed by atoms with Gasteiger partial charge in [0.2, 0.25) is 5.95 Å². The topological polar surface area (TPSA) is 66.9 Å². The molecule has 3 rings (SSSR count). The Labute approximate surface area is 161 Å². The molecule has 26 heavy (non-hydrogen) atoms. The van der Waals surface area contributed by atoms with Gasteiger partial charge in [0.15, 0.2) is 0 Å². The van der Waals surface area contributed by atoms with Gasteiger partial charge >= 0.3 is 0 Å². The fraction of sp³-hybridized carbons (Fsp3) is 0.105. The molecule has 7 heteroatoms. The second-order valence-corrected chi connectivity index (χ2v) is 6.47. The summed E-state index contributed by atoms with van der Waals surface area (Å²) in [6.45, 7) is 2.61. The van der Waals surface area contributed by atoms with Crippen LogP contribution in [0, 0.1) is 6.92 Å². The highest BCUT2D eigenvalue weighted by Gasteiger charge is 2.12. The van der Waals surface area contributed by atoms with Crippen LogP contribution in [0.25, 0.3) is 0 Å². The maximum absolute atomic E-state index is 12.4. The third-order valence-corrected chi connectivity index (χ3v) is 4.33. The van der Waals surface area contributed by atoms with Crippen molar-refractivity contribution >= 4 is 40.7 Å². The van der Waals surface area contributed by atoms with Gasteiger partial charge in [0, 0.05) is 17.8 Å². The number of halogens is 2. The van der Waals surface area contributed by atoms with Crippen molar-refractivity contribution in [2.24, 2.45) is 0 Å². The molecule has 0 unspecified atom stereocenters. The lowest BCUT2D eigenvalue weighted by Crippen LogP contribution is -2.15. The molecule has 1 aromatic heterocycles. The number of carbonyl (C=O) groups is 1. The van der Waals surface area contributed by atoms with Gasteiger partial charge in [0.1, 0.15) is 5.69 Å². The van der Waals surface area contributed by atoms with E-state index in [4.69, 9.17) is 23.2 Å². The Morgan fingerprint density at radius 2 is 1.92 bits per heavy atom. The van der Waals surface area contributed by atoms with E-state index in [0.29, 0.717) is 28.2 Å². The lowest BCUT2D eigenvalue weighted by Gasteiger charge is -2.10. The van der Waals surface area contributed by atoms with Crippen molar-refractivity contribution in [3.8, 4) is 0 Å². The van der Waals surface area contributed by atoms with Crippen LogP contribution in [0.15, 0.2) is 54.7 Å². The third-order valence-electron chi connectivity index (χ3n) is 3.76. The molecule has 0 aliphatic heterocycles. The summed E-state index contributed by atoms with van der Waals surface area (Å²) in [5.41, 5.74) is 2.96. The number of hydrogen-bond acceptors (Lipinski definition) is 4. The van der Waals surface area contributed by atoms with Crippen LogP contribution in [0.3, 0.4) is 0 Å². The predicted molar refractivity (Wildman–Crippen MR) is 105 cm³/mol. The van der Waals surface area contributed by atoms with Crippen LogP contribution in [0.4, 0.5) is 11.6 Å². The van der Waals surface area contributed by atoms with E-state index in [9.17, 15) is 4.79 Å². The number of benzene rings is 2. The maximum atomic E-state index is 12.4. The van der Waals surface area contributed by atoms with Crippen molar-refractivity contribution in [2.75, 3.05) is 10.6 Å². The summed E-state index contributed by atoms with van der Waals surface area (Å²) in [5.74, 6) is -0.0198. The Hall–Kier alpha value is -2.63. The fourth-order valence-corrected chi connectivity index (χ4v) is 2.67.